The van der Waals surface area contributed by atoms with E-state index in [1.165, 1.54) is 17.5 Å². The van der Waals surface area contributed by atoms with Crippen LogP contribution in [0.1, 0.15) is 0 Å². The van der Waals surface area contributed by atoms with Crippen LogP contribution in [0, 0.1) is 0 Å². The number of ether oxygens (including phenoxy) is 1. The standard InChI is InChI=1S/C17H21N3O7S3/c1-27-16-4-2-3-5-17(16)30(25,26)20-12-10-19(11-13-20)29(23,24)15-8-6-14(7-9-15)28(18,21)22/h2-9H,10-13H2,1H3,(H2,18,21,22). The van der Waals surface area contributed by atoms with E-state index in [1.807, 2.05) is 0 Å². The van der Waals surface area contributed by atoms with E-state index in [9.17, 15) is 25.3 Å². The van der Waals surface area contributed by atoms with Crippen molar-refractivity contribution in [3.63, 3.8) is 0 Å². The number of sulfonamides is 3. The summed E-state index contributed by atoms with van der Waals surface area (Å²) in [5, 5.41) is 5.02. The van der Waals surface area contributed by atoms with Gasteiger partial charge in [0.2, 0.25) is 30.1 Å². The van der Waals surface area contributed by atoms with Crippen LogP contribution >= 0.6 is 0 Å². The molecule has 1 aliphatic heterocycles. The molecule has 0 aromatic heterocycles. The number of nitrogens with zero attached hydrogens (tertiary/aromatic N) is 2. The van der Waals surface area contributed by atoms with Crippen molar-refractivity contribution < 1.29 is 30.0 Å². The van der Waals surface area contributed by atoms with Gasteiger partial charge in [-0.25, -0.2) is 30.4 Å². The Kier molecular flexibility index (Phi) is 6.23. The molecule has 2 aromatic carbocycles. The summed E-state index contributed by atoms with van der Waals surface area (Å²) in [7, 11) is -10.3. The number of nitrogens with two attached hydrogens (primary N) is 1. The molecule has 0 unspecified atom stereocenters. The number of piperazine rings is 1. The Hall–Kier alpha value is -2.03. The lowest BCUT2D eigenvalue weighted by molar-refractivity contribution is 0.272. The van der Waals surface area contributed by atoms with Crippen LogP contribution in [0.15, 0.2) is 63.2 Å². The monoisotopic (exact) mass is 475 g/mol. The van der Waals surface area contributed by atoms with E-state index in [-0.39, 0.29) is 46.6 Å². The van der Waals surface area contributed by atoms with Crippen LogP contribution in [0.2, 0.25) is 0 Å². The lowest BCUT2D eigenvalue weighted by atomic mass is 10.3. The first-order valence-electron chi connectivity index (χ1n) is 8.74. The Balaban J connectivity index is 1.77. The van der Waals surface area contributed by atoms with Gasteiger partial charge < -0.3 is 4.74 Å². The molecule has 30 heavy (non-hydrogen) atoms. The van der Waals surface area contributed by atoms with Gasteiger partial charge in [0.15, 0.2) is 0 Å². The highest BCUT2D eigenvalue weighted by Gasteiger charge is 2.35. The molecule has 13 heteroatoms. The third kappa shape index (κ3) is 4.36. The van der Waals surface area contributed by atoms with Crippen molar-refractivity contribution in [3.8, 4) is 5.75 Å². The first kappa shape index (κ1) is 22.7. The maximum Gasteiger partial charge on any atom is 0.246 e. The van der Waals surface area contributed by atoms with Crippen LogP contribution in [0.25, 0.3) is 0 Å². The minimum Gasteiger partial charge on any atom is -0.495 e. The molecule has 2 aromatic rings. The summed E-state index contributed by atoms with van der Waals surface area (Å²) in [5.41, 5.74) is 0. The van der Waals surface area contributed by atoms with Gasteiger partial charge in [-0.2, -0.15) is 8.61 Å². The van der Waals surface area contributed by atoms with Gasteiger partial charge in [0, 0.05) is 26.2 Å². The zero-order valence-electron chi connectivity index (χ0n) is 16.0. The van der Waals surface area contributed by atoms with Gasteiger partial charge in [0.05, 0.1) is 16.9 Å². The Morgan fingerprint density at radius 1 is 0.733 bits per heavy atom. The van der Waals surface area contributed by atoms with E-state index in [1.54, 1.807) is 18.2 Å². The Morgan fingerprint density at radius 2 is 1.20 bits per heavy atom. The first-order chi connectivity index (χ1) is 14.0. The average Bonchev–Trinajstić information content (AvgIpc) is 2.73. The summed E-state index contributed by atoms with van der Waals surface area (Å²) >= 11 is 0. The molecule has 10 nitrogen and oxygen atoms in total. The van der Waals surface area contributed by atoms with Crippen molar-refractivity contribution in [2.24, 2.45) is 5.14 Å². The van der Waals surface area contributed by atoms with Crippen LogP contribution in [0.4, 0.5) is 0 Å². The Bertz CT molecular complexity index is 1230. The van der Waals surface area contributed by atoms with E-state index >= 15 is 0 Å². The fourth-order valence-electron chi connectivity index (χ4n) is 3.07. The molecule has 3 rings (SSSR count). The molecule has 1 fully saturated rings. The second kappa shape index (κ2) is 8.24. The third-order valence-corrected chi connectivity index (χ3v) is 9.45. The second-order valence-electron chi connectivity index (χ2n) is 6.48. The van der Waals surface area contributed by atoms with Gasteiger partial charge >= 0.3 is 0 Å². The highest BCUT2D eigenvalue weighted by molar-refractivity contribution is 7.90. The van der Waals surface area contributed by atoms with Crippen molar-refractivity contribution in [1.29, 1.82) is 0 Å². The molecule has 1 aliphatic rings. The lowest BCUT2D eigenvalue weighted by Crippen LogP contribution is -2.50. The summed E-state index contributed by atoms with van der Waals surface area (Å²) in [5.74, 6) is 0.211. The average molecular weight is 476 g/mol. The molecule has 164 valence electrons. The third-order valence-electron chi connectivity index (χ3n) is 4.67. The van der Waals surface area contributed by atoms with E-state index in [0.717, 1.165) is 28.6 Å². The quantitative estimate of drug-likeness (QED) is 0.621. The topological polar surface area (TPSA) is 144 Å². The van der Waals surface area contributed by atoms with Crippen LogP contribution in [-0.2, 0) is 30.1 Å². The van der Waals surface area contributed by atoms with Gasteiger partial charge in [-0.15, -0.1) is 0 Å². The second-order valence-corrected chi connectivity index (χ2v) is 11.9. The predicted octanol–water partition coefficient (Wildman–Crippen LogP) is 0.0378. The molecule has 0 radical (unpaired) electrons. The van der Waals surface area contributed by atoms with E-state index in [0.29, 0.717) is 0 Å². The number of hydrogen-bond donors (Lipinski definition) is 1. The van der Waals surface area contributed by atoms with Crippen molar-refractivity contribution >= 4 is 30.1 Å². The minimum absolute atomic E-state index is 0.0161. The van der Waals surface area contributed by atoms with Crippen LogP contribution < -0.4 is 9.88 Å². The fraction of sp³-hybridized carbons (Fsp3) is 0.294. The smallest absolute Gasteiger partial charge is 0.246 e. The molecule has 0 atom stereocenters. The zero-order valence-corrected chi connectivity index (χ0v) is 18.5. The lowest BCUT2D eigenvalue weighted by Gasteiger charge is -2.33. The molecular weight excluding hydrogens is 454 g/mol. The SMILES string of the molecule is COc1ccccc1S(=O)(=O)N1CCN(S(=O)(=O)c2ccc(S(N)(=O)=O)cc2)CC1. The van der Waals surface area contributed by atoms with Crippen LogP contribution in [-0.4, -0.2) is 67.2 Å². The minimum atomic E-state index is -3.94. The highest BCUT2D eigenvalue weighted by atomic mass is 32.2. The summed E-state index contributed by atoms with van der Waals surface area (Å²) in [6.07, 6.45) is 0. The normalized spacial score (nSPS) is 17.0. The summed E-state index contributed by atoms with van der Waals surface area (Å²) in [4.78, 5) is -0.285. The Labute approximate surface area is 176 Å². The zero-order chi connectivity index (χ0) is 22.2. The maximum absolute atomic E-state index is 12.9. The number of para-hydroxylation sites is 1. The molecular formula is C17H21N3O7S3. The van der Waals surface area contributed by atoms with Gasteiger partial charge in [-0.3, -0.25) is 0 Å². The van der Waals surface area contributed by atoms with Gasteiger partial charge in [0.25, 0.3) is 0 Å². The van der Waals surface area contributed by atoms with Gasteiger partial charge in [0.1, 0.15) is 10.6 Å². The maximum atomic E-state index is 12.9. The first-order valence-corrected chi connectivity index (χ1v) is 13.2. The molecule has 1 heterocycles. The number of methoxy groups -OCH3 is 1. The number of hydrogen-bond acceptors (Lipinski definition) is 7. The van der Waals surface area contributed by atoms with Crippen LogP contribution in [0.3, 0.4) is 0 Å². The van der Waals surface area contributed by atoms with E-state index in [2.05, 4.69) is 0 Å². The van der Waals surface area contributed by atoms with E-state index < -0.39 is 30.1 Å². The molecule has 0 spiro atoms. The highest BCUT2D eigenvalue weighted by Crippen LogP contribution is 2.28. The molecule has 1 saturated heterocycles. The van der Waals surface area contributed by atoms with E-state index in [4.69, 9.17) is 9.88 Å². The van der Waals surface area contributed by atoms with Gasteiger partial charge in [-0.1, -0.05) is 12.1 Å². The number of primary sulfonamides is 1. The fourth-order valence-corrected chi connectivity index (χ4v) is 6.59. The molecule has 0 saturated carbocycles. The Morgan fingerprint density at radius 3 is 1.70 bits per heavy atom. The molecule has 0 bridgehead atoms. The van der Waals surface area contributed by atoms with Crippen molar-refractivity contribution in [3.05, 3.63) is 48.5 Å². The molecule has 2 N–H and O–H groups in total. The number of rotatable bonds is 6. The largest absolute Gasteiger partial charge is 0.495 e. The van der Waals surface area contributed by atoms with Crippen molar-refractivity contribution in [2.75, 3.05) is 33.3 Å². The molecule has 0 aliphatic carbocycles. The van der Waals surface area contributed by atoms with Crippen molar-refractivity contribution in [1.82, 2.24) is 8.61 Å². The summed E-state index contributed by atoms with van der Waals surface area (Å²) in [6, 6.07) is 10.8. The summed E-state index contributed by atoms with van der Waals surface area (Å²) < 4.78 is 81.7. The predicted molar refractivity (Wildman–Crippen MR) is 108 cm³/mol. The molecule has 0 amide bonds. The summed E-state index contributed by atoms with van der Waals surface area (Å²) in [6.45, 7) is -0.162. The number of benzene rings is 2. The van der Waals surface area contributed by atoms with Crippen molar-refractivity contribution in [2.45, 2.75) is 14.7 Å². The van der Waals surface area contributed by atoms with Crippen LogP contribution in [0.5, 0.6) is 5.75 Å². The van der Waals surface area contributed by atoms with Gasteiger partial charge in [-0.05, 0) is 36.4 Å².